The molecule has 0 aliphatic heterocycles. The Morgan fingerprint density at radius 1 is 1.03 bits per heavy atom. The van der Waals surface area contributed by atoms with Crippen LogP contribution in [0.5, 0.6) is 0 Å². The van der Waals surface area contributed by atoms with E-state index >= 15 is 0 Å². The van der Waals surface area contributed by atoms with Gasteiger partial charge in [-0.05, 0) is 55.0 Å². The van der Waals surface area contributed by atoms with E-state index < -0.39 is 5.97 Å². The highest BCUT2D eigenvalue weighted by Crippen LogP contribution is 2.21. The van der Waals surface area contributed by atoms with E-state index in [2.05, 4.69) is 27.3 Å². The van der Waals surface area contributed by atoms with Crippen molar-refractivity contribution in [1.82, 2.24) is 14.9 Å². The van der Waals surface area contributed by atoms with Crippen molar-refractivity contribution in [1.29, 1.82) is 0 Å². The number of esters is 1. The van der Waals surface area contributed by atoms with Gasteiger partial charge in [-0.3, -0.25) is 14.2 Å². The topological polar surface area (TPSA) is 102 Å². The van der Waals surface area contributed by atoms with Crippen molar-refractivity contribution in [3.05, 3.63) is 72.1 Å². The largest absolute Gasteiger partial charge is 0.465 e. The van der Waals surface area contributed by atoms with E-state index in [4.69, 9.17) is 0 Å². The summed E-state index contributed by atoms with van der Waals surface area (Å²) in [6, 6.07) is 13.7. The third-order valence-corrected chi connectivity index (χ3v) is 5.72. The van der Waals surface area contributed by atoms with Crippen molar-refractivity contribution < 1.29 is 19.1 Å². The lowest BCUT2D eigenvalue weighted by molar-refractivity contribution is -0.113. The number of methoxy groups -OCH3 is 1. The average Bonchev–Trinajstić information content (AvgIpc) is 3.31. The van der Waals surface area contributed by atoms with Crippen LogP contribution in [-0.4, -0.2) is 46.7 Å². The fourth-order valence-electron chi connectivity index (χ4n) is 2.98. The van der Waals surface area contributed by atoms with Crippen molar-refractivity contribution in [3.8, 4) is 5.69 Å². The van der Waals surface area contributed by atoms with Gasteiger partial charge >= 0.3 is 5.97 Å². The summed E-state index contributed by atoms with van der Waals surface area (Å²) in [5.74, 6) is -0.556. The van der Waals surface area contributed by atoms with Gasteiger partial charge in [0.15, 0.2) is 5.16 Å². The average molecular weight is 467 g/mol. The van der Waals surface area contributed by atoms with Gasteiger partial charge in [0.1, 0.15) is 0 Å². The monoisotopic (exact) mass is 466 g/mol. The van der Waals surface area contributed by atoms with Crippen molar-refractivity contribution >= 4 is 35.2 Å². The Morgan fingerprint density at radius 2 is 1.73 bits per heavy atom. The van der Waals surface area contributed by atoms with Crippen LogP contribution in [0.2, 0.25) is 0 Å². The van der Waals surface area contributed by atoms with E-state index in [0.717, 1.165) is 18.5 Å². The minimum atomic E-state index is -0.430. The number of unbranched alkanes of at least 4 members (excludes halogenated alkanes) is 1. The predicted molar refractivity (Wildman–Crippen MR) is 128 cm³/mol. The molecule has 0 saturated heterocycles. The van der Waals surface area contributed by atoms with Crippen LogP contribution in [-0.2, 0) is 9.53 Å². The summed E-state index contributed by atoms with van der Waals surface area (Å²) in [5, 5.41) is 6.35. The molecule has 9 heteroatoms. The molecule has 0 unspecified atom stereocenters. The molecule has 0 radical (unpaired) electrons. The van der Waals surface area contributed by atoms with Crippen LogP contribution < -0.4 is 10.6 Å². The standard InChI is InChI=1S/C24H26N4O4S/c1-3-4-13-25-22(30)17-7-11-20(12-8-17)28-15-14-26-24(28)33-16-21(29)27-19-9-5-18(6-10-19)23(31)32-2/h5-12,14-15H,3-4,13,16H2,1-2H3,(H,25,30)(H,27,29). The van der Waals surface area contributed by atoms with Crippen molar-refractivity contribution in [3.63, 3.8) is 0 Å². The van der Waals surface area contributed by atoms with E-state index in [-0.39, 0.29) is 17.6 Å². The molecule has 0 saturated carbocycles. The number of thioether (sulfide) groups is 1. The molecule has 0 atom stereocenters. The zero-order valence-corrected chi connectivity index (χ0v) is 19.4. The smallest absolute Gasteiger partial charge is 0.337 e. The summed E-state index contributed by atoms with van der Waals surface area (Å²) in [7, 11) is 1.32. The molecule has 3 rings (SSSR count). The summed E-state index contributed by atoms with van der Waals surface area (Å²) in [4.78, 5) is 40.4. The number of imidazole rings is 1. The molecule has 2 N–H and O–H groups in total. The number of benzene rings is 2. The molecular weight excluding hydrogens is 440 g/mol. The maximum atomic E-state index is 12.4. The number of carbonyl (C=O) groups is 3. The molecule has 33 heavy (non-hydrogen) atoms. The third kappa shape index (κ3) is 6.69. The number of rotatable bonds is 10. The van der Waals surface area contributed by atoms with Crippen LogP contribution >= 0.6 is 11.8 Å². The zero-order valence-electron chi connectivity index (χ0n) is 18.5. The first-order valence-corrected chi connectivity index (χ1v) is 11.5. The number of aromatic nitrogens is 2. The summed E-state index contributed by atoms with van der Waals surface area (Å²) in [6.45, 7) is 2.74. The summed E-state index contributed by atoms with van der Waals surface area (Å²) >= 11 is 1.30. The second kappa shape index (κ2) is 11.9. The van der Waals surface area contributed by atoms with Gasteiger partial charge in [0.2, 0.25) is 5.91 Å². The van der Waals surface area contributed by atoms with E-state index in [1.807, 2.05) is 22.9 Å². The lowest BCUT2D eigenvalue weighted by atomic mass is 10.2. The van der Waals surface area contributed by atoms with E-state index in [9.17, 15) is 14.4 Å². The zero-order chi connectivity index (χ0) is 23.6. The van der Waals surface area contributed by atoms with Gasteiger partial charge in [-0.1, -0.05) is 25.1 Å². The maximum Gasteiger partial charge on any atom is 0.337 e. The van der Waals surface area contributed by atoms with Crippen LogP contribution in [0, 0.1) is 0 Å². The second-order valence-corrected chi connectivity index (χ2v) is 8.08. The van der Waals surface area contributed by atoms with Crippen molar-refractivity contribution in [2.75, 3.05) is 24.7 Å². The van der Waals surface area contributed by atoms with Gasteiger partial charge in [0, 0.05) is 35.9 Å². The molecule has 0 aliphatic carbocycles. The minimum absolute atomic E-state index is 0.0912. The third-order valence-electron chi connectivity index (χ3n) is 4.75. The number of nitrogens with zero attached hydrogens (tertiary/aromatic N) is 2. The number of hydrogen-bond donors (Lipinski definition) is 2. The number of amides is 2. The first-order chi connectivity index (χ1) is 16.0. The Bertz CT molecular complexity index is 1090. The molecule has 1 heterocycles. The summed E-state index contributed by atoms with van der Waals surface area (Å²) < 4.78 is 6.53. The molecule has 1 aromatic heterocycles. The van der Waals surface area contributed by atoms with E-state index in [1.165, 1.54) is 18.9 Å². The predicted octanol–water partition coefficient (Wildman–Crippen LogP) is 3.92. The van der Waals surface area contributed by atoms with Crippen molar-refractivity contribution in [2.24, 2.45) is 0 Å². The Balaban J connectivity index is 1.56. The number of anilines is 1. The quantitative estimate of drug-likeness (QED) is 0.267. The number of carbonyl (C=O) groups excluding carboxylic acids is 3. The highest BCUT2D eigenvalue weighted by atomic mass is 32.2. The minimum Gasteiger partial charge on any atom is -0.465 e. The highest BCUT2D eigenvalue weighted by Gasteiger charge is 2.11. The maximum absolute atomic E-state index is 12.4. The molecule has 8 nitrogen and oxygen atoms in total. The fourth-order valence-corrected chi connectivity index (χ4v) is 3.75. The molecule has 0 bridgehead atoms. The van der Waals surface area contributed by atoms with Crippen molar-refractivity contribution in [2.45, 2.75) is 24.9 Å². The second-order valence-electron chi connectivity index (χ2n) is 7.14. The number of ether oxygens (including phenoxy) is 1. The van der Waals surface area contributed by atoms with E-state index in [0.29, 0.717) is 28.5 Å². The first-order valence-electron chi connectivity index (χ1n) is 10.5. The molecule has 3 aromatic rings. The van der Waals surface area contributed by atoms with Crippen LogP contribution in [0.15, 0.2) is 66.1 Å². The molecule has 2 aromatic carbocycles. The van der Waals surface area contributed by atoms with E-state index in [1.54, 1.807) is 42.6 Å². The van der Waals surface area contributed by atoms with Gasteiger partial charge in [0.05, 0.1) is 18.4 Å². The Kier molecular flexibility index (Phi) is 8.65. The fraction of sp³-hybridized carbons (Fsp3) is 0.250. The van der Waals surface area contributed by atoms with Gasteiger partial charge in [-0.25, -0.2) is 9.78 Å². The highest BCUT2D eigenvalue weighted by molar-refractivity contribution is 7.99. The molecule has 2 amide bonds. The van der Waals surface area contributed by atoms with Gasteiger partial charge in [-0.2, -0.15) is 0 Å². The van der Waals surface area contributed by atoms with Gasteiger partial charge < -0.3 is 15.4 Å². The normalized spacial score (nSPS) is 10.5. The number of hydrogen-bond acceptors (Lipinski definition) is 6. The molecule has 0 spiro atoms. The first kappa shape index (κ1) is 24.1. The lowest BCUT2D eigenvalue weighted by Crippen LogP contribution is -2.24. The molecule has 0 aliphatic rings. The van der Waals surface area contributed by atoms with Crippen LogP contribution in [0.25, 0.3) is 5.69 Å². The Morgan fingerprint density at radius 3 is 2.39 bits per heavy atom. The van der Waals surface area contributed by atoms with Crippen LogP contribution in [0.3, 0.4) is 0 Å². The van der Waals surface area contributed by atoms with Crippen LogP contribution in [0.4, 0.5) is 5.69 Å². The van der Waals surface area contributed by atoms with Crippen LogP contribution in [0.1, 0.15) is 40.5 Å². The molecule has 172 valence electrons. The van der Waals surface area contributed by atoms with Gasteiger partial charge in [-0.15, -0.1) is 0 Å². The lowest BCUT2D eigenvalue weighted by Gasteiger charge is -2.09. The summed E-state index contributed by atoms with van der Waals surface area (Å²) in [6.07, 6.45) is 5.45. The SMILES string of the molecule is CCCCNC(=O)c1ccc(-n2ccnc2SCC(=O)Nc2ccc(C(=O)OC)cc2)cc1. The Labute approximate surface area is 196 Å². The Hall–Kier alpha value is -3.59. The molecule has 0 fully saturated rings. The summed E-state index contributed by atoms with van der Waals surface area (Å²) in [5.41, 5.74) is 2.45. The number of nitrogens with one attached hydrogen (secondary N) is 2. The molecular formula is C24H26N4O4S. The van der Waals surface area contributed by atoms with Gasteiger partial charge in [0.25, 0.3) is 5.91 Å².